The minimum Gasteiger partial charge on any atom is -0.401 e. The predicted molar refractivity (Wildman–Crippen MR) is 114 cm³/mol. The first-order chi connectivity index (χ1) is 15.1. The molecule has 2 unspecified atom stereocenters. The Morgan fingerprint density at radius 1 is 1.12 bits per heavy atom. The highest BCUT2D eigenvalue weighted by Gasteiger charge is 2.32. The van der Waals surface area contributed by atoms with Crippen LogP contribution in [0.4, 0.5) is 6.01 Å². The number of hydrogen-bond donors (Lipinski definition) is 1. The van der Waals surface area contributed by atoms with Crippen molar-refractivity contribution in [2.75, 3.05) is 18.4 Å². The molecule has 1 amide bonds. The summed E-state index contributed by atoms with van der Waals surface area (Å²) in [5.74, 6) is -0.325. The summed E-state index contributed by atoms with van der Waals surface area (Å²) < 4.78 is 40.0. The van der Waals surface area contributed by atoms with E-state index in [-0.39, 0.29) is 47.7 Å². The molecule has 1 saturated heterocycles. The highest BCUT2D eigenvalue weighted by atomic mass is 32.2. The Morgan fingerprint density at radius 3 is 2.38 bits per heavy atom. The molecule has 2 aromatic heterocycles. The lowest BCUT2D eigenvalue weighted by Gasteiger charge is -2.34. The van der Waals surface area contributed by atoms with Gasteiger partial charge in [0.05, 0.1) is 17.1 Å². The number of nitrogens with zero attached hydrogens (tertiary/aromatic N) is 5. The second kappa shape index (κ2) is 8.45. The minimum atomic E-state index is -3.69. The highest BCUT2D eigenvalue weighted by molar-refractivity contribution is 7.89. The fourth-order valence-electron chi connectivity index (χ4n) is 3.47. The van der Waals surface area contributed by atoms with E-state index in [0.717, 1.165) is 5.69 Å². The van der Waals surface area contributed by atoms with Gasteiger partial charge in [0.1, 0.15) is 5.69 Å². The number of hydrogen-bond acceptors (Lipinski definition) is 8. The van der Waals surface area contributed by atoms with Gasteiger partial charge in [0, 0.05) is 31.4 Å². The molecule has 1 fully saturated rings. The van der Waals surface area contributed by atoms with Crippen LogP contribution in [0.25, 0.3) is 11.6 Å². The number of anilines is 1. The van der Waals surface area contributed by atoms with Gasteiger partial charge < -0.3 is 9.15 Å². The van der Waals surface area contributed by atoms with E-state index in [1.807, 2.05) is 20.8 Å². The molecule has 3 heterocycles. The van der Waals surface area contributed by atoms with E-state index in [9.17, 15) is 13.2 Å². The van der Waals surface area contributed by atoms with Gasteiger partial charge in [-0.05, 0) is 51.1 Å². The largest absolute Gasteiger partial charge is 0.401 e. The molecular weight excluding hydrogens is 436 g/mol. The minimum absolute atomic E-state index is 0.0821. The van der Waals surface area contributed by atoms with Gasteiger partial charge in [-0.2, -0.15) is 9.40 Å². The van der Waals surface area contributed by atoms with E-state index < -0.39 is 15.9 Å². The molecule has 3 aromatic rings. The van der Waals surface area contributed by atoms with Crippen LogP contribution in [0.2, 0.25) is 0 Å². The topological polar surface area (TPSA) is 132 Å². The average molecular weight is 461 g/mol. The lowest BCUT2D eigenvalue weighted by Crippen LogP contribution is -2.48. The first kappa shape index (κ1) is 22.1. The molecule has 1 aliphatic heterocycles. The molecule has 0 radical (unpaired) electrons. The third kappa shape index (κ3) is 4.42. The van der Waals surface area contributed by atoms with Crippen molar-refractivity contribution in [2.24, 2.45) is 7.05 Å². The van der Waals surface area contributed by atoms with Crippen LogP contribution < -0.4 is 5.32 Å². The summed E-state index contributed by atoms with van der Waals surface area (Å²) in [6.45, 7) is 6.13. The van der Waals surface area contributed by atoms with Gasteiger partial charge in [-0.1, -0.05) is 5.10 Å². The van der Waals surface area contributed by atoms with Crippen LogP contribution in [0.3, 0.4) is 0 Å². The maximum Gasteiger partial charge on any atom is 0.322 e. The monoisotopic (exact) mass is 460 g/mol. The van der Waals surface area contributed by atoms with Gasteiger partial charge in [0.15, 0.2) is 0 Å². The van der Waals surface area contributed by atoms with Gasteiger partial charge in [0.25, 0.3) is 11.8 Å². The first-order valence-corrected chi connectivity index (χ1v) is 11.5. The van der Waals surface area contributed by atoms with Gasteiger partial charge in [-0.15, -0.1) is 5.10 Å². The number of carbonyl (C=O) groups excluding carboxylic acids is 1. The van der Waals surface area contributed by atoms with E-state index >= 15 is 0 Å². The molecule has 1 N–H and O–H groups in total. The molecule has 12 heteroatoms. The molecule has 32 heavy (non-hydrogen) atoms. The summed E-state index contributed by atoms with van der Waals surface area (Å²) in [6.07, 6.45) is -0.374. The van der Waals surface area contributed by atoms with Crippen molar-refractivity contribution >= 4 is 21.9 Å². The van der Waals surface area contributed by atoms with Crippen LogP contribution in [-0.2, 0) is 21.8 Å². The van der Waals surface area contributed by atoms with Gasteiger partial charge >= 0.3 is 6.01 Å². The number of sulfonamides is 1. The number of aryl methyl sites for hydroxylation is 2. The van der Waals surface area contributed by atoms with Crippen molar-refractivity contribution in [1.82, 2.24) is 24.3 Å². The maximum absolute atomic E-state index is 12.9. The Labute approximate surface area is 185 Å². The Hall–Kier alpha value is -3.09. The van der Waals surface area contributed by atoms with Gasteiger partial charge in [-0.25, -0.2) is 8.42 Å². The summed E-state index contributed by atoms with van der Waals surface area (Å²) in [7, 11) is -1.89. The molecule has 11 nitrogen and oxygen atoms in total. The van der Waals surface area contributed by atoms with Crippen LogP contribution in [0, 0.1) is 6.92 Å². The van der Waals surface area contributed by atoms with Crippen molar-refractivity contribution in [3.8, 4) is 11.6 Å². The molecule has 0 spiro atoms. The zero-order chi connectivity index (χ0) is 23.0. The van der Waals surface area contributed by atoms with Crippen LogP contribution in [0.15, 0.2) is 39.6 Å². The number of ether oxygens (including phenoxy) is 1. The quantitative estimate of drug-likeness (QED) is 0.610. The molecule has 1 aliphatic rings. The molecule has 0 aliphatic carbocycles. The molecule has 1 aromatic carbocycles. The lowest BCUT2D eigenvalue weighted by molar-refractivity contribution is -0.0440. The SMILES string of the molecule is Cc1cc(-c2nnc(NC(=O)c3ccc(S(=O)(=O)N4CC(C)OC(C)C4)cc3)o2)nn1C. The van der Waals surface area contributed by atoms with Crippen molar-refractivity contribution < 1.29 is 22.4 Å². The van der Waals surface area contributed by atoms with Gasteiger partial charge in [-0.3, -0.25) is 14.8 Å². The Bertz CT molecular complexity index is 1200. The van der Waals surface area contributed by atoms with Crippen LogP contribution in [0.1, 0.15) is 29.9 Å². The second-order valence-electron chi connectivity index (χ2n) is 7.76. The van der Waals surface area contributed by atoms with E-state index in [0.29, 0.717) is 5.69 Å². The Kier molecular flexibility index (Phi) is 5.84. The molecule has 0 bridgehead atoms. The van der Waals surface area contributed by atoms with E-state index in [1.54, 1.807) is 17.8 Å². The smallest absolute Gasteiger partial charge is 0.322 e. The number of rotatable bonds is 5. The maximum atomic E-state index is 12.9. The summed E-state index contributed by atoms with van der Waals surface area (Å²) in [4.78, 5) is 12.6. The van der Waals surface area contributed by atoms with E-state index in [4.69, 9.17) is 9.15 Å². The Balaban J connectivity index is 1.45. The molecule has 0 saturated carbocycles. The molecular formula is C20H24N6O5S. The zero-order valence-corrected chi connectivity index (χ0v) is 19.0. The van der Waals surface area contributed by atoms with Crippen molar-refractivity contribution in [1.29, 1.82) is 0 Å². The summed E-state index contributed by atoms with van der Waals surface area (Å²) in [6, 6.07) is 7.40. The number of morpholine rings is 1. The van der Waals surface area contributed by atoms with Crippen LogP contribution in [-0.4, -0.2) is 63.9 Å². The average Bonchev–Trinajstić information content (AvgIpc) is 3.33. The third-order valence-electron chi connectivity index (χ3n) is 5.12. The number of nitrogens with one attached hydrogen (secondary N) is 1. The fraction of sp³-hybridized carbons (Fsp3) is 0.400. The van der Waals surface area contributed by atoms with E-state index in [2.05, 4.69) is 20.6 Å². The lowest BCUT2D eigenvalue weighted by atomic mass is 10.2. The van der Waals surface area contributed by atoms with Crippen molar-refractivity contribution in [3.63, 3.8) is 0 Å². The zero-order valence-electron chi connectivity index (χ0n) is 18.1. The summed E-state index contributed by atoms with van der Waals surface area (Å²) in [5, 5.41) is 14.5. The van der Waals surface area contributed by atoms with Crippen LogP contribution >= 0.6 is 0 Å². The first-order valence-electron chi connectivity index (χ1n) is 10.0. The third-order valence-corrected chi connectivity index (χ3v) is 6.96. The summed E-state index contributed by atoms with van der Waals surface area (Å²) in [5.41, 5.74) is 1.67. The van der Waals surface area contributed by atoms with Crippen molar-refractivity contribution in [2.45, 2.75) is 37.9 Å². The standard InChI is InChI=1S/C20H24N6O5S/c1-12-9-17(24-25(12)4)19-22-23-20(31-19)21-18(27)15-5-7-16(8-6-15)32(28,29)26-10-13(2)30-14(3)11-26/h5-9,13-14H,10-11H2,1-4H3,(H,21,23,27). The number of carbonyl (C=O) groups is 1. The molecule has 4 rings (SSSR count). The highest BCUT2D eigenvalue weighted by Crippen LogP contribution is 2.22. The Morgan fingerprint density at radius 2 is 1.78 bits per heavy atom. The summed E-state index contributed by atoms with van der Waals surface area (Å²) >= 11 is 0. The van der Waals surface area contributed by atoms with Crippen molar-refractivity contribution in [3.05, 3.63) is 41.6 Å². The molecule has 170 valence electrons. The second-order valence-corrected chi connectivity index (χ2v) is 9.70. The number of aromatic nitrogens is 4. The van der Waals surface area contributed by atoms with E-state index in [1.165, 1.54) is 28.6 Å². The predicted octanol–water partition coefficient (Wildman–Crippen LogP) is 1.83. The number of benzene rings is 1. The van der Waals surface area contributed by atoms with Gasteiger partial charge in [0.2, 0.25) is 10.0 Å². The fourth-order valence-corrected chi connectivity index (χ4v) is 5.06. The van der Waals surface area contributed by atoms with Crippen LogP contribution in [0.5, 0.6) is 0 Å². The normalized spacial score (nSPS) is 19.8. The molecule has 2 atom stereocenters. The number of amides is 1.